The fourth-order valence-electron chi connectivity index (χ4n) is 2.20. The number of hydrogen-bond acceptors (Lipinski definition) is 2. The number of carbonyl (C=O) groups excluding carboxylic acids is 1. The maximum absolute atomic E-state index is 11.7. The Hall–Kier alpha value is -1.06. The highest BCUT2D eigenvalue weighted by atomic mass is 35.5. The van der Waals surface area contributed by atoms with Crippen molar-refractivity contribution < 1.29 is 4.79 Å². The van der Waals surface area contributed by atoms with Crippen molar-refractivity contribution in [2.75, 3.05) is 6.54 Å². The number of benzene rings is 1. The van der Waals surface area contributed by atoms with Crippen LogP contribution >= 0.6 is 12.4 Å². The molecule has 0 heterocycles. The number of amides is 1. The van der Waals surface area contributed by atoms with Crippen LogP contribution in [0.2, 0.25) is 0 Å². The van der Waals surface area contributed by atoms with E-state index in [0.717, 1.165) is 37.8 Å². The van der Waals surface area contributed by atoms with Gasteiger partial charge in [-0.25, -0.2) is 0 Å². The Labute approximate surface area is 141 Å². The monoisotopic (exact) mass is 326 g/mol. The molecule has 0 aliphatic heterocycles. The molecule has 0 aliphatic rings. The number of hydrogen-bond donors (Lipinski definition) is 2. The third-order valence-electron chi connectivity index (χ3n) is 3.67. The molecule has 1 rings (SSSR count). The van der Waals surface area contributed by atoms with Crippen LogP contribution in [0, 0.1) is 0 Å². The summed E-state index contributed by atoms with van der Waals surface area (Å²) in [5.41, 5.74) is 8.08. The van der Waals surface area contributed by atoms with E-state index < -0.39 is 0 Å². The number of nitrogens with two attached hydrogens (primary N) is 1. The van der Waals surface area contributed by atoms with Crippen LogP contribution in [-0.4, -0.2) is 12.5 Å². The number of rotatable bonds is 8. The molecule has 3 N–H and O–H groups in total. The van der Waals surface area contributed by atoms with E-state index in [9.17, 15) is 4.79 Å². The fourth-order valence-corrected chi connectivity index (χ4v) is 2.20. The highest BCUT2D eigenvalue weighted by Crippen LogP contribution is 2.22. The van der Waals surface area contributed by atoms with Gasteiger partial charge in [0.2, 0.25) is 5.91 Å². The van der Waals surface area contributed by atoms with Gasteiger partial charge in [0, 0.05) is 13.0 Å². The number of carbonyl (C=O) groups is 1. The molecule has 0 radical (unpaired) electrons. The molecular weight excluding hydrogens is 296 g/mol. The first-order chi connectivity index (χ1) is 9.93. The normalized spacial score (nSPS) is 10.9. The van der Waals surface area contributed by atoms with Gasteiger partial charge >= 0.3 is 0 Å². The molecule has 1 aromatic carbocycles. The van der Waals surface area contributed by atoms with Crippen LogP contribution in [-0.2, 0) is 16.8 Å². The minimum atomic E-state index is 0. The van der Waals surface area contributed by atoms with Crippen molar-refractivity contribution in [3.8, 4) is 0 Å². The van der Waals surface area contributed by atoms with Gasteiger partial charge in [-0.05, 0) is 35.9 Å². The molecule has 4 heteroatoms. The van der Waals surface area contributed by atoms with Gasteiger partial charge in [-0.15, -0.1) is 12.4 Å². The van der Waals surface area contributed by atoms with E-state index in [4.69, 9.17) is 5.73 Å². The number of nitrogens with one attached hydrogen (secondary N) is 1. The summed E-state index contributed by atoms with van der Waals surface area (Å²) in [6, 6.07) is 8.49. The zero-order valence-corrected chi connectivity index (χ0v) is 15.0. The summed E-state index contributed by atoms with van der Waals surface area (Å²) in [7, 11) is 0. The first kappa shape index (κ1) is 20.9. The van der Waals surface area contributed by atoms with Crippen molar-refractivity contribution in [1.82, 2.24) is 5.32 Å². The third kappa shape index (κ3) is 8.40. The van der Waals surface area contributed by atoms with E-state index in [1.54, 1.807) is 0 Å². The molecule has 0 aliphatic carbocycles. The Balaban J connectivity index is 0.00000441. The van der Waals surface area contributed by atoms with Crippen molar-refractivity contribution in [1.29, 1.82) is 0 Å². The summed E-state index contributed by atoms with van der Waals surface area (Å²) < 4.78 is 0. The summed E-state index contributed by atoms with van der Waals surface area (Å²) in [4.78, 5) is 11.7. The largest absolute Gasteiger partial charge is 0.352 e. The molecule has 1 amide bonds. The molecule has 1 aromatic rings. The third-order valence-corrected chi connectivity index (χ3v) is 3.67. The van der Waals surface area contributed by atoms with Gasteiger partial charge in [-0.1, -0.05) is 57.9 Å². The van der Waals surface area contributed by atoms with Gasteiger partial charge in [-0.3, -0.25) is 4.79 Å². The second kappa shape index (κ2) is 10.6. The van der Waals surface area contributed by atoms with Crippen molar-refractivity contribution >= 4 is 18.3 Å². The predicted molar refractivity (Wildman–Crippen MR) is 96.4 cm³/mol. The molecular formula is C18H31ClN2O. The Morgan fingerprint density at radius 2 is 1.64 bits per heavy atom. The number of halogens is 1. The molecule has 3 nitrogen and oxygen atoms in total. The van der Waals surface area contributed by atoms with E-state index in [-0.39, 0.29) is 23.7 Å². The van der Waals surface area contributed by atoms with Crippen molar-refractivity contribution in [3.05, 3.63) is 35.4 Å². The maximum Gasteiger partial charge on any atom is 0.220 e. The number of unbranched alkanes of at least 4 members (excludes halogenated alkanes) is 3. The quantitative estimate of drug-likeness (QED) is 0.711. The summed E-state index contributed by atoms with van der Waals surface area (Å²) in [6.07, 6.45) is 4.84. The molecule has 0 saturated heterocycles. The van der Waals surface area contributed by atoms with Crippen LogP contribution in [0.1, 0.15) is 64.0 Å². The molecule has 22 heavy (non-hydrogen) atoms. The Bertz CT molecular complexity index is 424. The topological polar surface area (TPSA) is 55.1 Å². The summed E-state index contributed by atoms with van der Waals surface area (Å²) in [5, 5.41) is 2.98. The molecule has 0 saturated carbocycles. The summed E-state index contributed by atoms with van der Waals surface area (Å²) in [5.74, 6) is 0.141. The van der Waals surface area contributed by atoms with Gasteiger partial charge in [0.1, 0.15) is 0 Å². The van der Waals surface area contributed by atoms with Gasteiger partial charge in [0.05, 0.1) is 0 Å². The Kier molecular flexibility index (Phi) is 10.1. The van der Waals surface area contributed by atoms with Crippen LogP contribution in [0.15, 0.2) is 24.3 Å². The molecule has 0 atom stereocenters. The van der Waals surface area contributed by atoms with Crippen molar-refractivity contribution in [2.45, 2.75) is 64.8 Å². The van der Waals surface area contributed by atoms with E-state index in [1.165, 1.54) is 5.56 Å². The Morgan fingerprint density at radius 1 is 1.05 bits per heavy atom. The average Bonchev–Trinajstić information content (AvgIpc) is 2.44. The van der Waals surface area contributed by atoms with Gasteiger partial charge in [-0.2, -0.15) is 0 Å². The van der Waals surface area contributed by atoms with Crippen LogP contribution in [0.3, 0.4) is 0 Å². The average molecular weight is 327 g/mol. The zero-order valence-electron chi connectivity index (χ0n) is 14.2. The zero-order chi connectivity index (χ0) is 15.7. The first-order valence-corrected chi connectivity index (χ1v) is 7.99. The lowest BCUT2D eigenvalue weighted by molar-refractivity contribution is -0.121. The highest BCUT2D eigenvalue weighted by molar-refractivity contribution is 5.85. The molecule has 0 unspecified atom stereocenters. The minimum absolute atomic E-state index is 0. The minimum Gasteiger partial charge on any atom is -0.352 e. The second-order valence-electron chi connectivity index (χ2n) is 6.68. The highest BCUT2D eigenvalue weighted by Gasteiger charge is 2.12. The molecule has 0 spiro atoms. The van der Waals surface area contributed by atoms with Crippen LogP contribution < -0.4 is 11.1 Å². The standard InChI is InChI=1S/C18H30N2O.ClH/c1-18(2,3)16-11-9-15(10-12-16)14-20-17(21)8-6-4-5-7-13-19;/h9-12H,4-8,13-14,19H2,1-3H3,(H,20,21);1H. The van der Waals surface area contributed by atoms with E-state index in [0.29, 0.717) is 13.0 Å². The summed E-state index contributed by atoms with van der Waals surface area (Å²) >= 11 is 0. The Morgan fingerprint density at radius 3 is 2.18 bits per heavy atom. The lowest BCUT2D eigenvalue weighted by Gasteiger charge is -2.19. The van der Waals surface area contributed by atoms with E-state index in [2.05, 4.69) is 50.4 Å². The van der Waals surface area contributed by atoms with Gasteiger partial charge < -0.3 is 11.1 Å². The van der Waals surface area contributed by atoms with Gasteiger partial charge in [0.25, 0.3) is 0 Å². The molecule has 0 aromatic heterocycles. The molecule has 0 fully saturated rings. The predicted octanol–water partition coefficient (Wildman–Crippen LogP) is 3.93. The maximum atomic E-state index is 11.7. The van der Waals surface area contributed by atoms with Crippen LogP contribution in [0.5, 0.6) is 0 Å². The SMILES string of the molecule is CC(C)(C)c1ccc(CNC(=O)CCCCCCN)cc1.Cl. The lowest BCUT2D eigenvalue weighted by atomic mass is 9.87. The van der Waals surface area contributed by atoms with Gasteiger partial charge in [0.15, 0.2) is 0 Å². The van der Waals surface area contributed by atoms with E-state index >= 15 is 0 Å². The van der Waals surface area contributed by atoms with Crippen LogP contribution in [0.4, 0.5) is 0 Å². The molecule has 0 bridgehead atoms. The smallest absolute Gasteiger partial charge is 0.220 e. The fraction of sp³-hybridized carbons (Fsp3) is 0.611. The first-order valence-electron chi connectivity index (χ1n) is 7.99. The van der Waals surface area contributed by atoms with E-state index in [1.807, 2.05) is 0 Å². The molecule has 126 valence electrons. The van der Waals surface area contributed by atoms with Crippen LogP contribution in [0.25, 0.3) is 0 Å². The summed E-state index contributed by atoms with van der Waals surface area (Å²) in [6.45, 7) is 7.97. The second-order valence-corrected chi connectivity index (χ2v) is 6.68. The van der Waals surface area contributed by atoms with Crippen molar-refractivity contribution in [2.24, 2.45) is 5.73 Å². The van der Waals surface area contributed by atoms with Crippen molar-refractivity contribution in [3.63, 3.8) is 0 Å². The lowest BCUT2D eigenvalue weighted by Crippen LogP contribution is -2.22.